The number of phenols is 1. The molecule has 0 unspecified atom stereocenters. The highest BCUT2D eigenvalue weighted by atomic mass is 16.3. The smallest absolute Gasteiger partial charge is 0.273 e. The fourth-order valence-corrected chi connectivity index (χ4v) is 4.19. The fourth-order valence-electron chi connectivity index (χ4n) is 4.19. The molecular weight excluding hydrogens is 442 g/mol. The van der Waals surface area contributed by atoms with Crippen molar-refractivity contribution in [1.29, 1.82) is 0 Å². The third-order valence-electron chi connectivity index (χ3n) is 5.89. The second-order valence-corrected chi connectivity index (χ2v) is 8.59. The first kappa shape index (κ1) is 22.2. The summed E-state index contributed by atoms with van der Waals surface area (Å²) in [5.74, 6) is -0.678. The lowest BCUT2D eigenvalue weighted by Crippen LogP contribution is -2.14. The third-order valence-corrected chi connectivity index (χ3v) is 5.89. The van der Waals surface area contributed by atoms with Crippen LogP contribution in [0.5, 0.6) is 5.75 Å². The normalized spacial score (nSPS) is 11.1. The van der Waals surface area contributed by atoms with Gasteiger partial charge in [-0.05, 0) is 56.2 Å². The second-order valence-electron chi connectivity index (χ2n) is 8.59. The van der Waals surface area contributed by atoms with Crippen LogP contribution in [0.1, 0.15) is 43.3 Å². The van der Waals surface area contributed by atoms with Crippen LogP contribution in [0.4, 0.5) is 5.69 Å². The largest absolute Gasteiger partial charge is 0.507 e. The number of hydrogen-bond acceptors (Lipinski definition) is 5. The number of anilines is 1. The van der Waals surface area contributed by atoms with Crippen molar-refractivity contribution in [2.45, 2.75) is 20.8 Å². The zero-order valence-electron chi connectivity index (χ0n) is 19.5. The summed E-state index contributed by atoms with van der Waals surface area (Å²) in [7, 11) is 0. The number of phenolic OH excluding ortho intramolecular Hbond substituents is 1. The Morgan fingerprint density at radius 3 is 2.43 bits per heavy atom. The van der Waals surface area contributed by atoms with Gasteiger partial charge in [-0.25, -0.2) is 0 Å². The number of amides is 1. The van der Waals surface area contributed by atoms with Crippen LogP contribution in [0, 0.1) is 20.8 Å². The molecule has 0 bridgehead atoms. The molecule has 0 aliphatic rings. The van der Waals surface area contributed by atoms with Crippen molar-refractivity contribution in [2.24, 2.45) is 0 Å². The van der Waals surface area contributed by atoms with E-state index in [0.717, 1.165) is 16.7 Å². The number of nitrogens with one attached hydrogen (secondary N) is 2. The van der Waals surface area contributed by atoms with Gasteiger partial charge in [-0.15, -0.1) is 0 Å². The Bertz CT molecular complexity index is 1570. The molecule has 7 heteroatoms. The second kappa shape index (κ2) is 8.61. The zero-order valence-corrected chi connectivity index (χ0v) is 19.5. The molecule has 0 aliphatic heterocycles. The molecule has 3 N–H and O–H groups in total. The maximum absolute atomic E-state index is 13.3. The number of rotatable bonds is 5. The molecule has 3 aromatic carbocycles. The number of aryl methyl sites for hydroxylation is 3. The molecule has 5 rings (SSSR count). The minimum absolute atomic E-state index is 0.0511. The van der Waals surface area contributed by atoms with E-state index in [1.54, 1.807) is 42.5 Å². The summed E-state index contributed by atoms with van der Waals surface area (Å²) in [5.41, 5.74) is 5.21. The van der Waals surface area contributed by atoms with Crippen molar-refractivity contribution < 1.29 is 19.1 Å². The Kier molecular flexibility index (Phi) is 5.45. The van der Waals surface area contributed by atoms with Gasteiger partial charge in [0.05, 0.1) is 11.4 Å². The van der Waals surface area contributed by atoms with Gasteiger partial charge >= 0.3 is 0 Å². The van der Waals surface area contributed by atoms with Crippen molar-refractivity contribution in [1.82, 2.24) is 10.2 Å². The number of para-hydroxylation sites is 1. The number of aromatic nitrogens is 2. The molecule has 0 saturated heterocycles. The molecule has 0 radical (unpaired) electrons. The van der Waals surface area contributed by atoms with E-state index in [-0.39, 0.29) is 23.0 Å². The number of hydrogen-bond donors (Lipinski definition) is 3. The molecular formula is C28H23N3O4. The predicted molar refractivity (Wildman–Crippen MR) is 134 cm³/mol. The Balaban J connectivity index is 1.51. The van der Waals surface area contributed by atoms with Crippen molar-refractivity contribution >= 4 is 28.3 Å². The first-order chi connectivity index (χ1) is 16.8. The molecule has 5 aromatic rings. The Hall–Kier alpha value is -4.65. The molecule has 2 aromatic heterocycles. The lowest BCUT2D eigenvalue weighted by Gasteiger charge is -2.07. The lowest BCUT2D eigenvalue weighted by atomic mass is 10.0. The van der Waals surface area contributed by atoms with Gasteiger partial charge < -0.3 is 14.8 Å². The molecule has 174 valence electrons. The average Bonchev–Trinajstić information content (AvgIpc) is 3.44. The molecule has 0 saturated carbocycles. The van der Waals surface area contributed by atoms with Gasteiger partial charge in [0, 0.05) is 16.5 Å². The monoisotopic (exact) mass is 465 g/mol. The van der Waals surface area contributed by atoms with E-state index in [2.05, 4.69) is 15.5 Å². The Morgan fingerprint density at radius 2 is 1.69 bits per heavy atom. The molecule has 0 spiro atoms. The van der Waals surface area contributed by atoms with Gasteiger partial charge in [0.15, 0.2) is 5.76 Å². The summed E-state index contributed by atoms with van der Waals surface area (Å²) in [6.45, 7) is 5.71. The maximum Gasteiger partial charge on any atom is 0.273 e. The fraction of sp³-hybridized carbons (Fsp3) is 0.107. The topological polar surface area (TPSA) is 108 Å². The summed E-state index contributed by atoms with van der Waals surface area (Å²) >= 11 is 0. The number of ketones is 1. The number of benzene rings is 3. The summed E-state index contributed by atoms with van der Waals surface area (Å²) in [6, 6.07) is 19.5. The summed E-state index contributed by atoms with van der Waals surface area (Å²) in [5, 5.41) is 20.8. The van der Waals surface area contributed by atoms with Crippen molar-refractivity contribution in [3.8, 4) is 17.0 Å². The van der Waals surface area contributed by atoms with E-state index >= 15 is 0 Å². The van der Waals surface area contributed by atoms with Crippen LogP contribution < -0.4 is 5.32 Å². The van der Waals surface area contributed by atoms with Crippen LogP contribution in [-0.2, 0) is 0 Å². The van der Waals surface area contributed by atoms with E-state index < -0.39 is 5.91 Å². The molecule has 0 atom stereocenters. The number of H-pyrrole nitrogens is 1. The van der Waals surface area contributed by atoms with Crippen LogP contribution >= 0.6 is 0 Å². The van der Waals surface area contributed by atoms with Gasteiger partial charge in [0.2, 0.25) is 5.78 Å². The standard InChI is InChI=1S/C28H23N3O4/c1-15-8-10-18(11-9-15)26(33)27-25(19-6-4-5-7-23(19)35-27)29-28(34)21-14-20(30-31-21)24-17(3)12-16(2)13-22(24)32/h4-14,32H,1-3H3,(H,29,34)(H,30,31). The molecule has 1 amide bonds. The summed E-state index contributed by atoms with van der Waals surface area (Å²) in [6.07, 6.45) is 0. The van der Waals surface area contributed by atoms with Crippen LogP contribution in [-0.4, -0.2) is 27.0 Å². The lowest BCUT2D eigenvalue weighted by molar-refractivity contribution is 0.101. The molecule has 2 heterocycles. The molecule has 35 heavy (non-hydrogen) atoms. The van der Waals surface area contributed by atoms with E-state index in [4.69, 9.17) is 4.42 Å². The minimum Gasteiger partial charge on any atom is -0.507 e. The van der Waals surface area contributed by atoms with Gasteiger partial charge in [-0.2, -0.15) is 5.10 Å². The zero-order chi connectivity index (χ0) is 24.7. The molecule has 0 fully saturated rings. The quantitative estimate of drug-likeness (QED) is 0.279. The number of aromatic amines is 1. The molecule has 0 aliphatic carbocycles. The number of aromatic hydroxyl groups is 1. The van der Waals surface area contributed by atoms with Gasteiger partial charge in [0.25, 0.3) is 5.91 Å². The first-order valence-electron chi connectivity index (χ1n) is 11.1. The highest BCUT2D eigenvalue weighted by Gasteiger charge is 2.24. The number of furan rings is 1. The maximum atomic E-state index is 13.3. The Morgan fingerprint density at radius 1 is 0.943 bits per heavy atom. The van der Waals surface area contributed by atoms with Crippen LogP contribution in [0.25, 0.3) is 22.2 Å². The number of fused-ring (bicyclic) bond motifs is 1. The minimum atomic E-state index is -0.488. The average molecular weight is 466 g/mol. The van der Waals surface area contributed by atoms with E-state index in [0.29, 0.717) is 33.5 Å². The predicted octanol–water partition coefficient (Wildman–Crippen LogP) is 5.94. The van der Waals surface area contributed by atoms with Gasteiger partial charge in [0.1, 0.15) is 17.0 Å². The van der Waals surface area contributed by atoms with Crippen molar-refractivity contribution in [2.75, 3.05) is 5.32 Å². The van der Waals surface area contributed by atoms with Crippen LogP contribution in [0.15, 0.2) is 71.1 Å². The first-order valence-corrected chi connectivity index (χ1v) is 11.1. The highest BCUT2D eigenvalue weighted by molar-refractivity contribution is 6.18. The molecule has 7 nitrogen and oxygen atoms in total. The van der Waals surface area contributed by atoms with E-state index in [1.807, 2.05) is 45.0 Å². The van der Waals surface area contributed by atoms with Crippen LogP contribution in [0.3, 0.4) is 0 Å². The van der Waals surface area contributed by atoms with Crippen molar-refractivity contribution in [3.05, 3.63) is 100 Å². The Labute approximate surface area is 201 Å². The van der Waals surface area contributed by atoms with E-state index in [1.165, 1.54) is 0 Å². The number of carbonyl (C=O) groups excluding carboxylic acids is 2. The van der Waals surface area contributed by atoms with Gasteiger partial charge in [-0.1, -0.05) is 48.0 Å². The number of nitrogens with zero attached hydrogens (tertiary/aromatic N) is 1. The highest BCUT2D eigenvalue weighted by Crippen LogP contribution is 2.34. The van der Waals surface area contributed by atoms with Crippen LogP contribution in [0.2, 0.25) is 0 Å². The summed E-state index contributed by atoms with van der Waals surface area (Å²) < 4.78 is 5.88. The van der Waals surface area contributed by atoms with Gasteiger partial charge in [-0.3, -0.25) is 14.7 Å². The number of carbonyl (C=O) groups is 2. The third kappa shape index (κ3) is 4.08. The van der Waals surface area contributed by atoms with Crippen molar-refractivity contribution in [3.63, 3.8) is 0 Å². The van der Waals surface area contributed by atoms with E-state index in [9.17, 15) is 14.7 Å². The SMILES string of the molecule is Cc1ccc(C(=O)c2oc3ccccc3c2NC(=O)c2cc(-c3c(C)cc(C)cc3O)n[nH]2)cc1. The summed E-state index contributed by atoms with van der Waals surface area (Å²) in [4.78, 5) is 26.4.